The van der Waals surface area contributed by atoms with Crippen molar-refractivity contribution in [1.29, 1.82) is 0 Å². The molecule has 1 aromatic carbocycles. The number of hydrogen-bond acceptors (Lipinski definition) is 5. The van der Waals surface area contributed by atoms with Crippen molar-refractivity contribution >= 4 is 41.4 Å². The largest absolute Gasteiger partial charge is 0.350 e. The summed E-state index contributed by atoms with van der Waals surface area (Å²) in [7, 11) is 0. The van der Waals surface area contributed by atoms with Gasteiger partial charge in [-0.1, -0.05) is 25.1 Å². The van der Waals surface area contributed by atoms with Crippen molar-refractivity contribution in [2.45, 2.75) is 23.5 Å². The number of amides is 1. The molecule has 2 rings (SSSR count). The summed E-state index contributed by atoms with van der Waals surface area (Å²) in [5, 5.41) is 5.93. The molecule has 7 heteroatoms. The standard InChI is InChI=1S/C15H19N3OS2.ClH/c1-11(21-12-5-3-2-4-6-12)9-17-15(19)13-10-20-14(18-13)7-8-16;/h2-6,10-11H,7-9,16H2,1H3,(H,17,19);1H. The second-order valence-electron chi connectivity index (χ2n) is 4.62. The molecule has 1 atom stereocenters. The van der Waals surface area contributed by atoms with E-state index in [4.69, 9.17) is 5.73 Å². The van der Waals surface area contributed by atoms with Crippen LogP contribution in [0.5, 0.6) is 0 Å². The first kappa shape index (κ1) is 19.0. The van der Waals surface area contributed by atoms with Gasteiger partial charge in [-0.2, -0.15) is 0 Å². The smallest absolute Gasteiger partial charge is 0.270 e. The van der Waals surface area contributed by atoms with Gasteiger partial charge >= 0.3 is 0 Å². The topological polar surface area (TPSA) is 68.0 Å². The van der Waals surface area contributed by atoms with Crippen LogP contribution in [-0.2, 0) is 6.42 Å². The van der Waals surface area contributed by atoms with Crippen molar-refractivity contribution in [3.05, 3.63) is 46.4 Å². The molecule has 0 bridgehead atoms. The molecule has 0 aliphatic heterocycles. The van der Waals surface area contributed by atoms with E-state index >= 15 is 0 Å². The quantitative estimate of drug-likeness (QED) is 0.747. The van der Waals surface area contributed by atoms with Crippen molar-refractivity contribution in [2.24, 2.45) is 5.73 Å². The average Bonchev–Trinajstić information content (AvgIpc) is 2.95. The Hall–Kier alpha value is -1.08. The van der Waals surface area contributed by atoms with Gasteiger partial charge in [-0.05, 0) is 18.7 Å². The minimum Gasteiger partial charge on any atom is -0.350 e. The van der Waals surface area contributed by atoms with Crippen LogP contribution in [-0.4, -0.2) is 29.2 Å². The number of nitrogens with zero attached hydrogens (tertiary/aromatic N) is 1. The first-order valence-electron chi connectivity index (χ1n) is 6.83. The Bertz CT molecular complexity index is 577. The predicted octanol–water partition coefficient (Wildman–Crippen LogP) is 2.98. The van der Waals surface area contributed by atoms with Crippen molar-refractivity contribution in [2.75, 3.05) is 13.1 Å². The summed E-state index contributed by atoms with van der Waals surface area (Å²) in [5.74, 6) is -0.116. The van der Waals surface area contributed by atoms with Gasteiger partial charge < -0.3 is 11.1 Å². The van der Waals surface area contributed by atoms with E-state index in [0.717, 1.165) is 11.4 Å². The summed E-state index contributed by atoms with van der Waals surface area (Å²) in [6.45, 7) is 3.26. The number of nitrogens with two attached hydrogens (primary N) is 1. The lowest BCUT2D eigenvalue weighted by Gasteiger charge is -2.11. The van der Waals surface area contributed by atoms with Crippen molar-refractivity contribution < 1.29 is 4.79 Å². The summed E-state index contributed by atoms with van der Waals surface area (Å²) in [6, 6.07) is 10.2. The zero-order chi connectivity index (χ0) is 15.1. The minimum atomic E-state index is -0.116. The molecule has 0 radical (unpaired) electrons. The van der Waals surface area contributed by atoms with E-state index in [1.54, 1.807) is 17.1 Å². The molecule has 0 saturated carbocycles. The van der Waals surface area contributed by atoms with Gasteiger partial charge in [-0.25, -0.2) is 4.98 Å². The van der Waals surface area contributed by atoms with Crippen LogP contribution in [0.25, 0.3) is 0 Å². The molecule has 1 aromatic heterocycles. The number of rotatable bonds is 7. The van der Waals surface area contributed by atoms with E-state index in [9.17, 15) is 4.79 Å². The molecule has 0 aliphatic rings. The van der Waals surface area contributed by atoms with Crippen LogP contribution in [0.1, 0.15) is 22.4 Å². The second kappa shape index (κ2) is 9.84. The SMILES string of the molecule is CC(CNC(=O)c1csc(CCN)n1)Sc1ccccc1.Cl. The van der Waals surface area contributed by atoms with Crippen LogP contribution in [0, 0.1) is 0 Å². The molecular weight excluding hydrogens is 338 g/mol. The molecule has 22 heavy (non-hydrogen) atoms. The lowest BCUT2D eigenvalue weighted by atomic mass is 10.4. The van der Waals surface area contributed by atoms with Crippen molar-refractivity contribution in [1.82, 2.24) is 10.3 Å². The molecule has 1 unspecified atom stereocenters. The first-order chi connectivity index (χ1) is 10.2. The summed E-state index contributed by atoms with van der Waals surface area (Å²) in [4.78, 5) is 17.5. The van der Waals surface area contributed by atoms with Crippen LogP contribution in [0.4, 0.5) is 0 Å². The lowest BCUT2D eigenvalue weighted by molar-refractivity contribution is 0.0949. The van der Waals surface area contributed by atoms with Gasteiger partial charge in [0, 0.05) is 28.5 Å². The maximum Gasteiger partial charge on any atom is 0.270 e. The normalized spacial score (nSPS) is 11.5. The third-order valence-electron chi connectivity index (χ3n) is 2.77. The third-order valence-corrected chi connectivity index (χ3v) is 4.80. The third kappa shape index (κ3) is 5.96. The fourth-order valence-electron chi connectivity index (χ4n) is 1.75. The number of aromatic nitrogens is 1. The number of hydrogen-bond donors (Lipinski definition) is 2. The highest BCUT2D eigenvalue weighted by atomic mass is 35.5. The number of benzene rings is 1. The zero-order valence-electron chi connectivity index (χ0n) is 12.3. The molecule has 120 valence electrons. The average molecular weight is 358 g/mol. The minimum absolute atomic E-state index is 0. The van der Waals surface area contributed by atoms with Gasteiger partial charge in [-0.15, -0.1) is 35.5 Å². The summed E-state index contributed by atoms with van der Waals surface area (Å²) in [6.07, 6.45) is 0.720. The number of carbonyl (C=O) groups is 1. The van der Waals surface area contributed by atoms with E-state index < -0.39 is 0 Å². The molecule has 3 N–H and O–H groups in total. The molecule has 0 fully saturated rings. The van der Waals surface area contributed by atoms with Gasteiger partial charge in [0.1, 0.15) is 5.69 Å². The molecule has 0 saturated heterocycles. The molecule has 0 aliphatic carbocycles. The van der Waals surface area contributed by atoms with Gasteiger partial charge in [0.25, 0.3) is 5.91 Å². The highest BCUT2D eigenvalue weighted by Gasteiger charge is 2.12. The lowest BCUT2D eigenvalue weighted by Crippen LogP contribution is -2.29. The summed E-state index contributed by atoms with van der Waals surface area (Å²) >= 11 is 3.23. The number of nitrogens with one attached hydrogen (secondary N) is 1. The molecule has 1 heterocycles. The zero-order valence-corrected chi connectivity index (χ0v) is 14.8. The molecule has 4 nitrogen and oxygen atoms in total. The number of thioether (sulfide) groups is 1. The summed E-state index contributed by atoms with van der Waals surface area (Å²) in [5.41, 5.74) is 5.97. The van der Waals surface area contributed by atoms with E-state index in [0.29, 0.717) is 24.0 Å². The Morgan fingerprint density at radius 3 is 2.82 bits per heavy atom. The Labute approximate surface area is 145 Å². The Morgan fingerprint density at radius 2 is 2.14 bits per heavy atom. The van der Waals surface area contributed by atoms with Crippen LogP contribution in [0.2, 0.25) is 0 Å². The van der Waals surface area contributed by atoms with Crippen molar-refractivity contribution in [3.63, 3.8) is 0 Å². The molecule has 1 amide bonds. The van der Waals surface area contributed by atoms with Gasteiger partial charge in [0.05, 0.1) is 5.01 Å². The number of halogens is 1. The highest BCUT2D eigenvalue weighted by molar-refractivity contribution is 8.00. The Morgan fingerprint density at radius 1 is 1.41 bits per heavy atom. The van der Waals surface area contributed by atoms with Crippen LogP contribution < -0.4 is 11.1 Å². The van der Waals surface area contributed by atoms with Gasteiger partial charge in [0.15, 0.2) is 0 Å². The maximum absolute atomic E-state index is 12.0. The van der Waals surface area contributed by atoms with Gasteiger partial charge in [-0.3, -0.25) is 4.79 Å². The Balaban J connectivity index is 0.00000242. The first-order valence-corrected chi connectivity index (χ1v) is 8.59. The maximum atomic E-state index is 12.0. The van der Waals surface area contributed by atoms with Crippen LogP contribution in [0.15, 0.2) is 40.6 Å². The predicted molar refractivity (Wildman–Crippen MR) is 96.2 cm³/mol. The van der Waals surface area contributed by atoms with Crippen LogP contribution in [0.3, 0.4) is 0 Å². The summed E-state index contributed by atoms with van der Waals surface area (Å²) < 4.78 is 0. The van der Waals surface area contributed by atoms with E-state index in [2.05, 4.69) is 29.4 Å². The fourth-order valence-corrected chi connectivity index (χ4v) is 3.49. The fraction of sp³-hybridized carbons (Fsp3) is 0.333. The second-order valence-corrected chi connectivity index (χ2v) is 7.07. The molecule has 0 spiro atoms. The van der Waals surface area contributed by atoms with E-state index in [-0.39, 0.29) is 18.3 Å². The van der Waals surface area contributed by atoms with E-state index in [1.807, 2.05) is 18.2 Å². The Kier molecular flexibility index (Phi) is 8.48. The van der Waals surface area contributed by atoms with Crippen molar-refractivity contribution in [3.8, 4) is 0 Å². The number of carbonyl (C=O) groups excluding carboxylic acids is 1. The van der Waals surface area contributed by atoms with Gasteiger partial charge in [0.2, 0.25) is 0 Å². The highest BCUT2D eigenvalue weighted by Crippen LogP contribution is 2.22. The monoisotopic (exact) mass is 357 g/mol. The molecule has 2 aromatic rings. The van der Waals surface area contributed by atoms with Crippen LogP contribution >= 0.6 is 35.5 Å². The molecular formula is C15H20ClN3OS2. The number of thiazole rings is 1. The van der Waals surface area contributed by atoms with E-state index in [1.165, 1.54) is 16.2 Å².